The molecular formula is C9H18N2O2S. The summed E-state index contributed by atoms with van der Waals surface area (Å²) >= 11 is 4.83. The molecule has 0 aliphatic heterocycles. The minimum Gasteiger partial charge on any atom is -0.447 e. The Morgan fingerprint density at radius 2 is 1.86 bits per heavy atom. The Balaban J connectivity index is 4.17. The molecule has 0 radical (unpaired) electrons. The summed E-state index contributed by atoms with van der Waals surface area (Å²) in [5.41, 5.74) is 5.48. The van der Waals surface area contributed by atoms with Crippen molar-refractivity contribution in [2.45, 2.75) is 39.8 Å². The first-order valence-electron chi connectivity index (χ1n) is 4.61. The maximum Gasteiger partial charge on any atom is 0.407 e. The van der Waals surface area contributed by atoms with Crippen LogP contribution in [-0.2, 0) is 4.74 Å². The molecule has 1 atom stereocenters. The number of rotatable bonds is 4. The second-order valence-electron chi connectivity index (χ2n) is 3.72. The number of thiocarbonyl (C=S) groups is 1. The number of ether oxygens (including phenoxy) is 1. The summed E-state index contributed by atoms with van der Waals surface area (Å²) in [4.78, 5) is 11.5. The van der Waals surface area contributed by atoms with E-state index < -0.39 is 6.09 Å². The van der Waals surface area contributed by atoms with Crippen LogP contribution in [0.5, 0.6) is 0 Å². The van der Waals surface area contributed by atoms with E-state index >= 15 is 0 Å². The average molecular weight is 218 g/mol. The van der Waals surface area contributed by atoms with Crippen molar-refractivity contribution in [3.8, 4) is 0 Å². The van der Waals surface area contributed by atoms with Crippen LogP contribution in [0.15, 0.2) is 0 Å². The molecule has 0 aliphatic carbocycles. The molecular weight excluding hydrogens is 200 g/mol. The lowest BCUT2D eigenvalue weighted by Gasteiger charge is -2.21. The number of amides is 1. The van der Waals surface area contributed by atoms with E-state index in [0.29, 0.717) is 0 Å². The van der Waals surface area contributed by atoms with E-state index in [4.69, 9.17) is 22.7 Å². The minimum absolute atomic E-state index is 0.144. The highest BCUT2D eigenvalue weighted by molar-refractivity contribution is 7.80. The Bertz CT molecular complexity index is 217. The SMILES string of the molecule is CC(C)OC(=O)NC(C(N)=S)C(C)C. The van der Waals surface area contributed by atoms with Crippen LogP contribution in [0.1, 0.15) is 27.7 Å². The molecule has 14 heavy (non-hydrogen) atoms. The lowest BCUT2D eigenvalue weighted by atomic mass is 10.1. The summed E-state index contributed by atoms with van der Waals surface area (Å²) < 4.78 is 4.92. The number of carbonyl (C=O) groups excluding carboxylic acids is 1. The van der Waals surface area contributed by atoms with Crippen molar-refractivity contribution in [1.29, 1.82) is 0 Å². The van der Waals surface area contributed by atoms with Gasteiger partial charge in [-0.15, -0.1) is 0 Å². The molecule has 0 fully saturated rings. The van der Waals surface area contributed by atoms with Gasteiger partial charge in [0.25, 0.3) is 0 Å². The lowest BCUT2D eigenvalue weighted by Crippen LogP contribution is -2.47. The molecule has 4 nitrogen and oxygen atoms in total. The van der Waals surface area contributed by atoms with Gasteiger partial charge < -0.3 is 15.8 Å². The normalized spacial score (nSPS) is 12.7. The van der Waals surface area contributed by atoms with E-state index in [1.54, 1.807) is 13.8 Å². The number of alkyl carbamates (subject to hydrolysis) is 1. The van der Waals surface area contributed by atoms with Crippen LogP contribution in [0.25, 0.3) is 0 Å². The van der Waals surface area contributed by atoms with Crippen molar-refractivity contribution in [2.24, 2.45) is 11.7 Å². The highest BCUT2D eigenvalue weighted by Crippen LogP contribution is 2.02. The summed E-state index contributed by atoms with van der Waals surface area (Å²) in [5, 5.41) is 2.62. The summed E-state index contributed by atoms with van der Waals surface area (Å²) in [6, 6.07) is -0.309. The molecule has 0 aromatic heterocycles. The second-order valence-corrected chi connectivity index (χ2v) is 4.19. The fourth-order valence-electron chi connectivity index (χ4n) is 0.941. The highest BCUT2D eigenvalue weighted by atomic mass is 32.1. The summed E-state index contributed by atoms with van der Waals surface area (Å²) in [5.74, 6) is 0.159. The molecule has 0 heterocycles. The van der Waals surface area contributed by atoms with Crippen LogP contribution in [0.4, 0.5) is 4.79 Å². The lowest BCUT2D eigenvalue weighted by molar-refractivity contribution is 0.113. The Morgan fingerprint density at radius 1 is 1.36 bits per heavy atom. The van der Waals surface area contributed by atoms with Gasteiger partial charge in [-0.3, -0.25) is 0 Å². The van der Waals surface area contributed by atoms with Gasteiger partial charge in [0, 0.05) is 0 Å². The largest absolute Gasteiger partial charge is 0.447 e. The molecule has 0 aromatic carbocycles. The third-order valence-corrected chi connectivity index (χ3v) is 1.84. The van der Waals surface area contributed by atoms with Crippen molar-refractivity contribution >= 4 is 23.3 Å². The van der Waals surface area contributed by atoms with Crippen LogP contribution < -0.4 is 11.1 Å². The Labute approximate surface area is 90.2 Å². The van der Waals surface area contributed by atoms with Crippen molar-refractivity contribution in [2.75, 3.05) is 0 Å². The first kappa shape index (κ1) is 13.2. The predicted molar refractivity (Wildman–Crippen MR) is 60.2 cm³/mol. The molecule has 5 heteroatoms. The van der Waals surface area contributed by atoms with E-state index in [0.717, 1.165) is 0 Å². The summed E-state index contributed by atoms with van der Waals surface area (Å²) in [6.07, 6.45) is -0.624. The van der Waals surface area contributed by atoms with E-state index in [9.17, 15) is 4.79 Å². The topological polar surface area (TPSA) is 64.3 Å². The Hall–Kier alpha value is -0.840. The quantitative estimate of drug-likeness (QED) is 0.701. The molecule has 0 aromatic rings. The van der Waals surface area contributed by atoms with Crippen LogP contribution >= 0.6 is 12.2 Å². The predicted octanol–water partition coefficient (Wildman–Crippen LogP) is 1.43. The molecule has 0 bridgehead atoms. The van der Waals surface area contributed by atoms with Gasteiger partial charge in [0.05, 0.1) is 17.1 Å². The fraction of sp³-hybridized carbons (Fsp3) is 0.778. The van der Waals surface area contributed by atoms with Gasteiger partial charge >= 0.3 is 6.09 Å². The third-order valence-electron chi connectivity index (χ3n) is 1.59. The molecule has 3 N–H and O–H groups in total. The first-order valence-corrected chi connectivity index (χ1v) is 5.02. The van der Waals surface area contributed by atoms with Crippen LogP contribution in [0.2, 0.25) is 0 Å². The van der Waals surface area contributed by atoms with Gasteiger partial charge in [0.2, 0.25) is 0 Å². The smallest absolute Gasteiger partial charge is 0.407 e. The van der Waals surface area contributed by atoms with Gasteiger partial charge in [-0.1, -0.05) is 26.1 Å². The van der Waals surface area contributed by atoms with E-state index in [-0.39, 0.29) is 23.1 Å². The zero-order valence-corrected chi connectivity index (χ0v) is 9.85. The monoisotopic (exact) mass is 218 g/mol. The van der Waals surface area contributed by atoms with Gasteiger partial charge in [0.15, 0.2) is 0 Å². The average Bonchev–Trinajstić information content (AvgIpc) is 1.97. The molecule has 0 rings (SSSR count). The second kappa shape index (κ2) is 5.80. The summed E-state index contributed by atoms with van der Waals surface area (Å²) in [7, 11) is 0. The van der Waals surface area contributed by atoms with Gasteiger partial charge in [0.1, 0.15) is 0 Å². The standard InChI is InChI=1S/C9H18N2O2S/c1-5(2)7(8(10)14)11-9(12)13-6(3)4/h5-7H,1-4H3,(H2,10,14)(H,11,12). The molecule has 0 aliphatic rings. The van der Waals surface area contributed by atoms with Gasteiger partial charge in [-0.25, -0.2) is 4.79 Å². The zero-order valence-electron chi connectivity index (χ0n) is 9.03. The minimum atomic E-state index is -0.480. The van der Waals surface area contributed by atoms with Crippen molar-refractivity contribution in [1.82, 2.24) is 5.32 Å². The number of nitrogens with one attached hydrogen (secondary N) is 1. The molecule has 0 spiro atoms. The summed E-state index contributed by atoms with van der Waals surface area (Å²) in [6.45, 7) is 7.43. The van der Waals surface area contributed by atoms with E-state index in [1.165, 1.54) is 0 Å². The fourth-order valence-corrected chi connectivity index (χ4v) is 1.27. The molecule has 0 saturated heterocycles. The van der Waals surface area contributed by atoms with Crippen molar-refractivity contribution in [3.63, 3.8) is 0 Å². The van der Waals surface area contributed by atoms with Crippen LogP contribution in [0.3, 0.4) is 0 Å². The van der Waals surface area contributed by atoms with Gasteiger partial charge in [-0.05, 0) is 19.8 Å². The number of carbonyl (C=O) groups is 1. The van der Waals surface area contributed by atoms with Crippen LogP contribution in [-0.4, -0.2) is 23.2 Å². The number of hydrogen-bond acceptors (Lipinski definition) is 3. The number of hydrogen-bond donors (Lipinski definition) is 2. The zero-order chi connectivity index (χ0) is 11.3. The van der Waals surface area contributed by atoms with Crippen molar-refractivity contribution in [3.05, 3.63) is 0 Å². The van der Waals surface area contributed by atoms with E-state index in [1.807, 2.05) is 13.8 Å². The first-order chi connectivity index (χ1) is 6.34. The third kappa shape index (κ3) is 5.01. The van der Waals surface area contributed by atoms with Crippen LogP contribution in [0, 0.1) is 5.92 Å². The van der Waals surface area contributed by atoms with E-state index in [2.05, 4.69) is 5.32 Å². The molecule has 82 valence electrons. The number of nitrogens with two attached hydrogens (primary N) is 1. The maximum absolute atomic E-state index is 11.2. The van der Waals surface area contributed by atoms with Crippen molar-refractivity contribution < 1.29 is 9.53 Å². The van der Waals surface area contributed by atoms with Gasteiger partial charge in [-0.2, -0.15) is 0 Å². The molecule has 1 amide bonds. The molecule has 1 unspecified atom stereocenters. The Morgan fingerprint density at radius 3 is 2.14 bits per heavy atom. The Kier molecular flexibility index (Phi) is 5.45. The highest BCUT2D eigenvalue weighted by Gasteiger charge is 2.19. The maximum atomic E-state index is 11.2. The molecule has 0 saturated carbocycles.